The molecule has 2 fully saturated rings. The van der Waals surface area contributed by atoms with Crippen molar-refractivity contribution in [3.05, 3.63) is 22.4 Å². The Morgan fingerprint density at radius 2 is 2.20 bits per heavy atom. The predicted octanol–water partition coefficient (Wildman–Crippen LogP) is 1.06. The highest BCUT2D eigenvalue weighted by atomic mass is 32.1. The van der Waals surface area contributed by atoms with Crippen LogP contribution in [-0.2, 0) is 9.59 Å². The second-order valence-corrected chi connectivity index (χ2v) is 6.31. The van der Waals surface area contributed by atoms with E-state index >= 15 is 0 Å². The molecule has 1 atom stereocenters. The monoisotopic (exact) mass is 292 g/mol. The van der Waals surface area contributed by atoms with Crippen molar-refractivity contribution in [2.24, 2.45) is 5.92 Å². The van der Waals surface area contributed by atoms with Crippen LogP contribution in [0.15, 0.2) is 17.5 Å². The van der Waals surface area contributed by atoms with Crippen molar-refractivity contribution < 1.29 is 14.4 Å². The number of nitrogens with one attached hydrogen (secondary N) is 1. The normalized spacial score (nSPS) is 22.1. The quantitative estimate of drug-likeness (QED) is 0.652. The molecular weight excluding hydrogens is 276 g/mol. The van der Waals surface area contributed by atoms with E-state index in [1.54, 1.807) is 17.5 Å². The molecule has 1 N–H and O–H groups in total. The van der Waals surface area contributed by atoms with Gasteiger partial charge in [-0.05, 0) is 24.3 Å². The maximum Gasteiger partial charge on any atom is 0.293 e. The summed E-state index contributed by atoms with van der Waals surface area (Å²) in [5, 5.41) is 4.42. The van der Waals surface area contributed by atoms with E-state index in [4.69, 9.17) is 0 Å². The lowest BCUT2D eigenvalue weighted by molar-refractivity contribution is -0.128. The molecule has 0 bridgehead atoms. The Labute approximate surface area is 121 Å². The van der Waals surface area contributed by atoms with E-state index in [-0.39, 0.29) is 11.8 Å². The average Bonchev–Trinajstić information content (AvgIpc) is 3.00. The van der Waals surface area contributed by atoms with Gasteiger partial charge in [-0.2, -0.15) is 0 Å². The maximum absolute atomic E-state index is 11.8. The summed E-state index contributed by atoms with van der Waals surface area (Å²) in [6.45, 7) is 1.10. The van der Waals surface area contributed by atoms with E-state index in [0.29, 0.717) is 30.4 Å². The van der Waals surface area contributed by atoms with Gasteiger partial charge in [-0.1, -0.05) is 6.07 Å². The Morgan fingerprint density at radius 3 is 2.85 bits per heavy atom. The lowest BCUT2D eigenvalue weighted by Crippen LogP contribution is -2.35. The fourth-order valence-corrected chi connectivity index (χ4v) is 3.18. The first-order chi connectivity index (χ1) is 9.65. The van der Waals surface area contributed by atoms with Gasteiger partial charge >= 0.3 is 0 Å². The summed E-state index contributed by atoms with van der Waals surface area (Å²) in [4.78, 5) is 37.7. The van der Waals surface area contributed by atoms with Gasteiger partial charge in [0.2, 0.25) is 5.91 Å². The minimum Gasteiger partial charge on any atom is -0.349 e. The molecule has 3 rings (SSSR count). The van der Waals surface area contributed by atoms with E-state index < -0.39 is 11.7 Å². The van der Waals surface area contributed by atoms with Crippen LogP contribution in [0.4, 0.5) is 0 Å². The molecule has 106 valence electrons. The number of rotatable bonds is 5. The molecule has 2 heterocycles. The van der Waals surface area contributed by atoms with Gasteiger partial charge in [0.25, 0.3) is 11.7 Å². The number of carbonyl (C=O) groups excluding carboxylic acids is 3. The fourth-order valence-electron chi connectivity index (χ4n) is 2.52. The Bertz CT molecular complexity index is 537. The number of Topliss-reactive ketones (excluding diaryl/α,β-unsaturated/α-hetero) is 1. The minimum atomic E-state index is -0.579. The predicted molar refractivity (Wildman–Crippen MR) is 74.5 cm³/mol. The van der Waals surface area contributed by atoms with Crippen LogP contribution < -0.4 is 5.32 Å². The third-order valence-corrected chi connectivity index (χ3v) is 4.60. The van der Waals surface area contributed by atoms with E-state index in [9.17, 15) is 14.4 Å². The average molecular weight is 292 g/mol. The number of hydrogen-bond donors (Lipinski definition) is 1. The largest absolute Gasteiger partial charge is 0.349 e. The second-order valence-electron chi connectivity index (χ2n) is 5.36. The first kappa shape index (κ1) is 13.3. The van der Waals surface area contributed by atoms with Gasteiger partial charge < -0.3 is 10.2 Å². The standard InChI is InChI=1S/C14H16N2O3S/c17-12-6-9(8-16(12)10-3-4-10)7-15-14(19)13(18)11-2-1-5-20-11/h1-2,5,9-10H,3-4,6-8H2,(H,15,19)/t9-/m1/s1. The summed E-state index contributed by atoms with van der Waals surface area (Å²) in [5.41, 5.74) is 0. The zero-order chi connectivity index (χ0) is 14.1. The Morgan fingerprint density at radius 1 is 1.40 bits per heavy atom. The Hall–Kier alpha value is -1.69. The van der Waals surface area contributed by atoms with Gasteiger partial charge in [-0.3, -0.25) is 14.4 Å². The van der Waals surface area contributed by atoms with Gasteiger partial charge in [0.1, 0.15) is 0 Å². The Kier molecular flexibility index (Phi) is 3.56. The fraction of sp³-hybridized carbons (Fsp3) is 0.500. The molecule has 2 amide bonds. The first-order valence-electron chi connectivity index (χ1n) is 6.80. The molecule has 0 radical (unpaired) electrons. The molecule has 5 nitrogen and oxygen atoms in total. The van der Waals surface area contributed by atoms with Crippen LogP contribution >= 0.6 is 11.3 Å². The number of amides is 2. The highest BCUT2D eigenvalue weighted by molar-refractivity contribution is 7.13. The van der Waals surface area contributed by atoms with Gasteiger partial charge in [0.05, 0.1) is 4.88 Å². The van der Waals surface area contributed by atoms with Crippen LogP contribution in [0.1, 0.15) is 28.9 Å². The van der Waals surface area contributed by atoms with E-state index in [1.165, 1.54) is 11.3 Å². The molecule has 20 heavy (non-hydrogen) atoms. The molecule has 1 aromatic rings. The van der Waals surface area contributed by atoms with Gasteiger partial charge in [-0.25, -0.2) is 0 Å². The highest BCUT2D eigenvalue weighted by Gasteiger charge is 2.39. The lowest BCUT2D eigenvalue weighted by atomic mass is 10.1. The number of ketones is 1. The second kappa shape index (κ2) is 5.36. The van der Waals surface area contributed by atoms with Crippen molar-refractivity contribution in [1.29, 1.82) is 0 Å². The number of nitrogens with zero attached hydrogens (tertiary/aromatic N) is 1. The molecule has 2 aliphatic rings. The topological polar surface area (TPSA) is 66.5 Å². The van der Waals surface area contributed by atoms with Crippen LogP contribution in [0, 0.1) is 5.92 Å². The Balaban J connectivity index is 1.49. The third kappa shape index (κ3) is 2.75. The van der Waals surface area contributed by atoms with Crippen LogP contribution in [0.25, 0.3) is 0 Å². The molecule has 1 aliphatic carbocycles. The SMILES string of the molecule is O=C(NC[C@H]1CC(=O)N(C2CC2)C1)C(=O)c1cccs1. The zero-order valence-corrected chi connectivity index (χ0v) is 11.8. The molecule has 0 unspecified atom stereocenters. The van der Waals surface area contributed by atoms with Gasteiger partial charge in [-0.15, -0.1) is 11.3 Å². The molecule has 1 aromatic heterocycles. The molecule has 1 saturated heterocycles. The molecule has 1 saturated carbocycles. The molecule has 0 spiro atoms. The van der Waals surface area contributed by atoms with Crippen molar-refractivity contribution in [3.8, 4) is 0 Å². The maximum atomic E-state index is 11.8. The summed E-state index contributed by atoms with van der Waals surface area (Å²) in [6, 6.07) is 3.81. The smallest absolute Gasteiger partial charge is 0.293 e. The van der Waals surface area contributed by atoms with Gasteiger partial charge in [0.15, 0.2) is 0 Å². The van der Waals surface area contributed by atoms with Crippen molar-refractivity contribution in [3.63, 3.8) is 0 Å². The number of likely N-dealkylation sites (tertiary alicyclic amines) is 1. The summed E-state index contributed by atoms with van der Waals surface area (Å²) >= 11 is 1.26. The number of hydrogen-bond acceptors (Lipinski definition) is 4. The van der Waals surface area contributed by atoms with Crippen LogP contribution in [0.5, 0.6) is 0 Å². The van der Waals surface area contributed by atoms with Crippen molar-refractivity contribution in [2.45, 2.75) is 25.3 Å². The van der Waals surface area contributed by atoms with E-state index in [2.05, 4.69) is 5.32 Å². The number of carbonyl (C=O) groups is 3. The van der Waals surface area contributed by atoms with Crippen LogP contribution in [-0.4, -0.2) is 41.6 Å². The van der Waals surface area contributed by atoms with Crippen molar-refractivity contribution >= 4 is 28.9 Å². The van der Waals surface area contributed by atoms with Crippen LogP contribution in [0.3, 0.4) is 0 Å². The zero-order valence-electron chi connectivity index (χ0n) is 11.0. The molecule has 1 aliphatic heterocycles. The summed E-state index contributed by atoms with van der Waals surface area (Å²) in [7, 11) is 0. The van der Waals surface area contributed by atoms with Gasteiger partial charge in [0, 0.05) is 31.5 Å². The minimum absolute atomic E-state index is 0.128. The molecule has 6 heteroatoms. The lowest BCUT2D eigenvalue weighted by Gasteiger charge is -2.15. The summed E-state index contributed by atoms with van der Waals surface area (Å²) in [6.07, 6.45) is 2.67. The summed E-state index contributed by atoms with van der Waals surface area (Å²) < 4.78 is 0. The highest BCUT2D eigenvalue weighted by Crippen LogP contribution is 2.32. The third-order valence-electron chi connectivity index (χ3n) is 3.73. The molecular formula is C14H16N2O3S. The number of thiophene rings is 1. The van der Waals surface area contributed by atoms with Crippen LogP contribution in [0.2, 0.25) is 0 Å². The van der Waals surface area contributed by atoms with Crippen molar-refractivity contribution in [2.75, 3.05) is 13.1 Å². The summed E-state index contributed by atoms with van der Waals surface area (Å²) in [5.74, 6) is -0.771. The molecule has 0 aromatic carbocycles. The van der Waals surface area contributed by atoms with Crippen molar-refractivity contribution in [1.82, 2.24) is 10.2 Å². The first-order valence-corrected chi connectivity index (χ1v) is 7.68. The van der Waals surface area contributed by atoms with E-state index in [0.717, 1.165) is 12.8 Å². The van der Waals surface area contributed by atoms with E-state index in [1.807, 2.05) is 4.90 Å².